The minimum atomic E-state index is -0.218. The van der Waals surface area contributed by atoms with Gasteiger partial charge in [-0.3, -0.25) is 9.59 Å². The second kappa shape index (κ2) is 10.1. The number of likely N-dealkylation sites (N-methyl/N-ethyl adjacent to an activating group) is 1. The zero-order chi connectivity index (χ0) is 20.6. The van der Waals surface area contributed by atoms with Crippen LogP contribution in [0.4, 0.5) is 11.4 Å². The van der Waals surface area contributed by atoms with E-state index in [2.05, 4.69) is 29.4 Å². The average Bonchev–Trinajstić information content (AvgIpc) is 3.58. The lowest BCUT2D eigenvalue weighted by Crippen LogP contribution is -2.28. The lowest BCUT2D eigenvalue weighted by atomic mass is 10.2. The molecule has 0 saturated heterocycles. The van der Waals surface area contributed by atoms with E-state index in [0.29, 0.717) is 29.3 Å². The third-order valence-corrected chi connectivity index (χ3v) is 5.06. The Labute approximate surface area is 172 Å². The smallest absolute Gasteiger partial charge is 0.255 e. The molecule has 0 radical (unpaired) electrons. The maximum absolute atomic E-state index is 12.6. The molecule has 6 heteroatoms. The molecule has 2 aromatic carbocycles. The summed E-state index contributed by atoms with van der Waals surface area (Å²) in [5.74, 6) is 0.639. The van der Waals surface area contributed by atoms with Gasteiger partial charge in [0.15, 0.2) is 0 Å². The number of amides is 2. The SMILES string of the molecule is CCN(CC)CCOc1ccccc1NC(=O)c1ccc(NC(=O)C2CC2)cc1. The molecule has 1 saturated carbocycles. The van der Waals surface area contributed by atoms with Crippen LogP contribution in [0.25, 0.3) is 0 Å². The maximum atomic E-state index is 12.6. The van der Waals surface area contributed by atoms with Gasteiger partial charge in [-0.1, -0.05) is 26.0 Å². The molecule has 1 aliphatic carbocycles. The van der Waals surface area contributed by atoms with E-state index in [-0.39, 0.29) is 17.7 Å². The average molecular weight is 396 g/mol. The van der Waals surface area contributed by atoms with Crippen molar-refractivity contribution < 1.29 is 14.3 Å². The summed E-state index contributed by atoms with van der Waals surface area (Å²) < 4.78 is 5.90. The number of hydrogen-bond acceptors (Lipinski definition) is 4. The molecule has 0 spiro atoms. The Balaban J connectivity index is 1.57. The van der Waals surface area contributed by atoms with Crippen LogP contribution in [-0.4, -0.2) is 43.0 Å². The molecular formula is C23H29N3O3. The number of rotatable bonds is 10. The summed E-state index contributed by atoms with van der Waals surface area (Å²) in [6, 6.07) is 14.4. The highest BCUT2D eigenvalue weighted by Crippen LogP contribution is 2.30. The van der Waals surface area contributed by atoms with Gasteiger partial charge in [0.25, 0.3) is 5.91 Å². The zero-order valence-corrected chi connectivity index (χ0v) is 17.1. The van der Waals surface area contributed by atoms with Crippen LogP contribution in [-0.2, 0) is 4.79 Å². The second-order valence-electron chi connectivity index (χ2n) is 7.17. The maximum Gasteiger partial charge on any atom is 0.255 e. The largest absolute Gasteiger partial charge is 0.490 e. The zero-order valence-electron chi connectivity index (χ0n) is 17.1. The van der Waals surface area contributed by atoms with Crippen molar-refractivity contribution >= 4 is 23.2 Å². The summed E-state index contributed by atoms with van der Waals surface area (Å²) in [5, 5.41) is 5.79. The van der Waals surface area contributed by atoms with Crippen molar-refractivity contribution in [2.45, 2.75) is 26.7 Å². The summed E-state index contributed by atoms with van der Waals surface area (Å²) in [4.78, 5) is 26.7. The minimum Gasteiger partial charge on any atom is -0.490 e. The molecule has 0 atom stereocenters. The number of hydrogen-bond donors (Lipinski definition) is 2. The number of nitrogens with one attached hydrogen (secondary N) is 2. The molecular weight excluding hydrogens is 366 g/mol. The first-order valence-corrected chi connectivity index (χ1v) is 10.3. The Hall–Kier alpha value is -2.86. The van der Waals surface area contributed by atoms with Crippen LogP contribution in [0.5, 0.6) is 5.75 Å². The molecule has 0 unspecified atom stereocenters. The van der Waals surface area contributed by atoms with Gasteiger partial charge in [0, 0.05) is 23.7 Å². The van der Waals surface area contributed by atoms with E-state index in [1.807, 2.05) is 24.3 Å². The molecule has 29 heavy (non-hydrogen) atoms. The molecule has 3 rings (SSSR count). The predicted molar refractivity (Wildman–Crippen MR) is 115 cm³/mol. The van der Waals surface area contributed by atoms with E-state index < -0.39 is 0 Å². The molecule has 154 valence electrons. The van der Waals surface area contributed by atoms with Crippen molar-refractivity contribution in [2.24, 2.45) is 5.92 Å². The van der Waals surface area contributed by atoms with E-state index in [4.69, 9.17) is 4.74 Å². The van der Waals surface area contributed by atoms with E-state index in [1.165, 1.54) is 0 Å². The van der Waals surface area contributed by atoms with Crippen molar-refractivity contribution in [1.29, 1.82) is 0 Å². The fourth-order valence-electron chi connectivity index (χ4n) is 3.01. The minimum absolute atomic E-state index is 0.0537. The van der Waals surface area contributed by atoms with Crippen LogP contribution >= 0.6 is 0 Å². The fourth-order valence-corrected chi connectivity index (χ4v) is 3.01. The van der Waals surface area contributed by atoms with Crippen molar-refractivity contribution in [3.63, 3.8) is 0 Å². The Morgan fingerprint density at radius 1 is 1.00 bits per heavy atom. The van der Waals surface area contributed by atoms with Crippen LogP contribution in [0.3, 0.4) is 0 Å². The third-order valence-electron chi connectivity index (χ3n) is 5.06. The number of carbonyl (C=O) groups is 2. The second-order valence-corrected chi connectivity index (χ2v) is 7.17. The summed E-state index contributed by atoms with van der Waals surface area (Å²) in [7, 11) is 0. The van der Waals surface area contributed by atoms with Gasteiger partial charge >= 0.3 is 0 Å². The topological polar surface area (TPSA) is 70.7 Å². The molecule has 1 aliphatic rings. The van der Waals surface area contributed by atoms with Gasteiger partial charge in [0.2, 0.25) is 5.91 Å². The van der Waals surface area contributed by atoms with E-state index >= 15 is 0 Å². The van der Waals surface area contributed by atoms with Crippen molar-refractivity contribution in [1.82, 2.24) is 4.90 Å². The van der Waals surface area contributed by atoms with Crippen LogP contribution in [0.2, 0.25) is 0 Å². The van der Waals surface area contributed by atoms with E-state index in [9.17, 15) is 9.59 Å². The number of para-hydroxylation sites is 2. The third kappa shape index (κ3) is 6.06. The van der Waals surface area contributed by atoms with Gasteiger partial charge < -0.3 is 20.3 Å². The monoisotopic (exact) mass is 395 g/mol. The van der Waals surface area contributed by atoms with Crippen LogP contribution in [0.1, 0.15) is 37.0 Å². The number of anilines is 2. The normalized spacial score (nSPS) is 13.2. The molecule has 0 bridgehead atoms. The Kier molecular flexibility index (Phi) is 7.25. The van der Waals surface area contributed by atoms with Crippen LogP contribution in [0, 0.1) is 5.92 Å². The molecule has 0 aromatic heterocycles. The quantitative estimate of drug-likeness (QED) is 0.638. The lowest BCUT2D eigenvalue weighted by Gasteiger charge is -2.19. The first kappa shape index (κ1) is 20.9. The van der Waals surface area contributed by atoms with Gasteiger partial charge in [-0.15, -0.1) is 0 Å². The van der Waals surface area contributed by atoms with Crippen molar-refractivity contribution in [3.8, 4) is 5.75 Å². The molecule has 1 fully saturated rings. The molecule has 2 amide bonds. The molecule has 2 aromatic rings. The Bertz CT molecular complexity index is 828. The first-order valence-electron chi connectivity index (χ1n) is 10.3. The molecule has 6 nitrogen and oxygen atoms in total. The number of carbonyl (C=O) groups excluding carboxylic acids is 2. The Morgan fingerprint density at radius 3 is 2.34 bits per heavy atom. The van der Waals surface area contributed by atoms with E-state index in [0.717, 1.165) is 32.5 Å². The van der Waals surface area contributed by atoms with Crippen LogP contribution in [0.15, 0.2) is 48.5 Å². The van der Waals surface area contributed by atoms with Gasteiger partial charge in [0.1, 0.15) is 12.4 Å². The van der Waals surface area contributed by atoms with Crippen molar-refractivity contribution in [2.75, 3.05) is 36.9 Å². The van der Waals surface area contributed by atoms with Crippen LogP contribution < -0.4 is 15.4 Å². The Morgan fingerprint density at radius 2 is 1.69 bits per heavy atom. The first-order chi connectivity index (χ1) is 14.1. The summed E-state index contributed by atoms with van der Waals surface area (Å²) in [5.41, 5.74) is 1.87. The molecule has 2 N–H and O–H groups in total. The highest BCUT2D eigenvalue weighted by atomic mass is 16.5. The van der Waals surface area contributed by atoms with Gasteiger partial charge in [-0.2, -0.15) is 0 Å². The summed E-state index contributed by atoms with van der Waals surface area (Å²) in [6.45, 7) is 7.61. The number of ether oxygens (including phenoxy) is 1. The van der Waals surface area contributed by atoms with E-state index in [1.54, 1.807) is 24.3 Å². The van der Waals surface area contributed by atoms with Gasteiger partial charge in [0.05, 0.1) is 5.69 Å². The molecule has 0 heterocycles. The number of nitrogens with zero attached hydrogens (tertiary/aromatic N) is 1. The lowest BCUT2D eigenvalue weighted by molar-refractivity contribution is -0.117. The highest BCUT2D eigenvalue weighted by Gasteiger charge is 2.29. The van der Waals surface area contributed by atoms with Gasteiger partial charge in [-0.25, -0.2) is 0 Å². The summed E-state index contributed by atoms with van der Waals surface area (Å²) in [6.07, 6.45) is 1.92. The molecule has 0 aliphatic heterocycles. The highest BCUT2D eigenvalue weighted by molar-refractivity contribution is 6.05. The standard InChI is InChI=1S/C23H29N3O3/c1-3-26(4-2)15-16-29-21-8-6-5-7-20(21)25-23(28)18-11-13-19(14-12-18)24-22(27)17-9-10-17/h5-8,11-14,17H,3-4,9-10,15-16H2,1-2H3,(H,24,27)(H,25,28). The fraction of sp³-hybridized carbons (Fsp3) is 0.391. The predicted octanol–water partition coefficient (Wildman–Crippen LogP) is 4.01. The number of benzene rings is 2. The van der Waals surface area contributed by atoms with Gasteiger partial charge in [-0.05, 0) is 62.3 Å². The van der Waals surface area contributed by atoms with Crippen molar-refractivity contribution in [3.05, 3.63) is 54.1 Å². The summed E-state index contributed by atoms with van der Waals surface area (Å²) >= 11 is 0.